The molecule has 0 aliphatic carbocycles. The van der Waals surface area contributed by atoms with Crippen LogP contribution in [0.2, 0.25) is 5.02 Å². The number of hydrazine groups is 1. The Labute approximate surface area is 198 Å². The van der Waals surface area contributed by atoms with Crippen molar-refractivity contribution >= 4 is 24.8 Å². The van der Waals surface area contributed by atoms with E-state index in [1.54, 1.807) is 12.1 Å². The molecule has 0 aliphatic heterocycles. The zero-order valence-electron chi connectivity index (χ0n) is 17.6. The topological polar surface area (TPSA) is 59.0 Å². The third kappa shape index (κ3) is 6.66. The Kier molecular flexibility index (Phi) is 8.04. The van der Waals surface area contributed by atoms with Crippen LogP contribution in [0.1, 0.15) is 10.5 Å². The van der Waals surface area contributed by atoms with E-state index in [2.05, 4.69) is 11.5 Å². The summed E-state index contributed by atoms with van der Waals surface area (Å²) in [6.45, 7) is 0. The van der Waals surface area contributed by atoms with Crippen LogP contribution in [0.3, 0.4) is 0 Å². The standard InChI is InChI=1S/C24H18ClN3O.BF4/c25-20-11-13-21(14-12-20)28-22(18-9-5-2-6-10-18)15-19(16-23(28)24(29)27-26)17-7-3-1-4-8-17;2-1(3,4)5/h1-16,26,29H;/q;-1/p+1. The average molecular weight is 488 g/mol. The van der Waals surface area contributed by atoms with E-state index in [4.69, 9.17) is 17.4 Å². The van der Waals surface area contributed by atoms with Crippen molar-refractivity contribution in [2.75, 3.05) is 0 Å². The van der Waals surface area contributed by atoms with Gasteiger partial charge < -0.3 is 17.3 Å². The molecule has 1 heterocycles. The summed E-state index contributed by atoms with van der Waals surface area (Å²) in [5.74, 6) is 5.14. The largest absolute Gasteiger partial charge is 0.673 e. The van der Waals surface area contributed by atoms with Crippen molar-refractivity contribution in [3.8, 4) is 28.1 Å². The second-order valence-corrected chi connectivity index (χ2v) is 7.46. The van der Waals surface area contributed by atoms with Crippen molar-refractivity contribution in [3.05, 3.63) is 108 Å². The van der Waals surface area contributed by atoms with Gasteiger partial charge in [0.05, 0.1) is 0 Å². The second-order valence-electron chi connectivity index (χ2n) is 7.03. The number of nitrogens with two attached hydrogens (primary N) is 1. The van der Waals surface area contributed by atoms with Crippen molar-refractivity contribution in [2.24, 2.45) is 5.84 Å². The van der Waals surface area contributed by atoms with Crippen molar-refractivity contribution in [1.29, 1.82) is 0 Å². The number of amides is 1. The first-order valence-corrected chi connectivity index (χ1v) is 10.4. The van der Waals surface area contributed by atoms with Gasteiger partial charge in [0, 0.05) is 34.9 Å². The van der Waals surface area contributed by atoms with Crippen LogP contribution in [-0.4, -0.2) is 13.2 Å². The van der Waals surface area contributed by atoms with Crippen LogP contribution >= 0.6 is 11.6 Å². The van der Waals surface area contributed by atoms with Gasteiger partial charge in [-0.1, -0.05) is 60.1 Å². The number of nitrogen functional groups attached to an aromatic ring is 1. The zero-order chi connectivity index (χ0) is 24.7. The molecule has 174 valence electrons. The molecule has 1 amide bonds. The van der Waals surface area contributed by atoms with Crippen molar-refractivity contribution in [3.63, 3.8) is 0 Å². The molecule has 0 bridgehead atoms. The summed E-state index contributed by atoms with van der Waals surface area (Å²) in [5, 5.41) is 0.626. The molecule has 1 aromatic heterocycles. The molecule has 4 rings (SSSR count). The fraction of sp³-hybridized carbons (Fsp3) is 0. The summed E-state index contributed by atoms with van der Waals surface area (Å²) in [6.07, 6.45) is 0. The molecule has 4 aromatic rings. The zero-order valence-corrected chi connectivity index (χ0v) is 18.4. The number of carbonyl (C=O) groups excluding carboxylic acids is 1. The molecular weight excluding hydrogens is 469 g/mol. The summed E-state index contributed by atoms with van der Waals surface area (Å²) < 4.78 is 40.9. The van der Waals surface area contributed by atoms with Gasteiger partial charge in [-0.3, -0.25) is 10.2 Å². The van der Waals surface area contributed by atoms with Crippen molar-refractivity contribution < 1.29 is 26.6 Å². The maximum absolute atomic E-state index is 12.8. The van der Waals surface area contributed by atoms with E-state index in [0.29, 0.717) is 10.7 Å². The fourth-order valence-corrected chi connectivity index (χ4v) is 3.45. The highest BCUT2D eigenvalue weighted by molar-refractivity contribution is 6.50. The van der Waals surface area contributed by atoms with Gasteiger partial charge in [0.25, 0.3) is 5.69 Å². The second kappa shape index (κ2) is 11.0. The molecule has 0 saturated heterocycles. The molecule has 34 heavy (non-hydrogen) atoms. The Bertz CT molecular complexity index is 1250. The number of hydrogen-bond donors (Lipinski definition) is 2. The highest BCUT2D eigenvalue weighted by Crippen LogP contribution is 2.26. The van der Waals surface area contributed by atoms with Crippen molar-refractivity contribution in [1.82, 2.24) is 5.43 Å². The first-order chi connectivity index (χ1) is 16.2. The van der Waals surface area contributed by atoms with E-state index in [1.165, 1.54) is 0 Å². The van der Waals surface area contributed by atoms with E-state index in [-0.39, 0.29) is 5.91 Å². The quantitative estimate of drug-likeness (QED) is 0.0947. The van der Waals surface area contributed by atoms with E-state index >= 15 is 0 Å². The summed E-state index contributed by atoms with van der Waals surface area (Å²) in [7, 11) is -6.00. The highest BCUT2D eigenvalue weighted by atomic mass is 35.5. The smallest absolute Gasteiger partial charge is 0.418 e. The molecule has 4 nitrogen and oxygen atoms in total. The Morgan fingerprint density at radius 2 is 1.26 bits per heavy atom. The predicted molar refractivity (Wildman–Crippen MR) is 126 cm³/mol. The minimum absolute atomic E-state index is 0.380. The number of nitrogens with zero attached hydrogens (tertiary/aromatic N) is 1. The number of rotatable bonds is 4. The first kappa shape index (κ1) is 24.9. The van der Waals surface area contributed by atoms with Crippen LogP contribution in [0.4, 0.5) is 17.3 Å². The van der Waals surface area contributed by atoms with E-state index in [1.807, 2.05) is 83.4 Å². The van der Waals surface area contributed by atoms with Crippen LogP contribution in [0.25, 0.3) is 28.1 Å². The number of pyridine rings is 1. The lowest BCUT2D eigenvalue weighted by atomic mass is 10.0. The first-order valence-electron chi connectivity index (χ1n) is 10.0. The molecule has 0 saturated carbocycles. The molecule has 0 fully saturated rings. The molecule has 10 heteroatoms. The van der Waals surface area contributed by atoms with Gasteiger partial charge in [-0.2, -0.15) is 0 Å². The fourth-order valence-electron chi connectivity index (χ4n) is 3.32. The number of halogens is 5. The van der Waals surface area contributed by atoms with Crippen LogP contribution < -0.4 is 15.8 Å². The number of carbonyl (C=O) groups is 1. The molecule has 0 unspecified atom stereocenters. The lowest BCUT2D eigenvalue weighted by Crippen LogP contribution is -2.45. The lowest BCUT2D eigenvalue weighted by Gasteiger charge is -2.11. The predicted octanol–water partition coefficient (Wildman–Crippen LogP) is 5.85. The van der Waals surface area contributed by atoms with E-state index in [9.17, 15) is 22.1 Å². The van der Waals surface area contributed by atoms with Gasteiger partial charge in [-0.15, -0.1) is 4.57 Å². The van der Waals surface area contributed by atoms with Crippen LogP contribution in [-0.2, 0) is 0 Å². The molecule has 0 aliphatic rings. The number of hydrogen-bond acceptors (Lipinski definition) is 2. The summed E-state index contributed by atoms with van der Waals surface area (Å²) in [6, 6.07) is 31.2. The van der Waals surface area contributed by atoms with Crippen LogP contribution in [0.5, 0.6) is 0 Å². The normalized spacial score (nSPS) is 10.8. The number of nitrogens with one attached hydrogen (secondary N) is 1. The molecular formula is C24H19BClF4N3O. The minimum atomic E-state index is -6.00. The Morgan fingerprint density at radius 1 is 0.765 bits per heavy atom. The maximum atomic E-state index is 12.8. The highest BCUT2D eigenvalue weighted by Gasteiger charge is 2.27. The Morgan fingerprint density at radius 3 is 1.76 bits per heavy atom. The molecule has 3 N–H and O–H groups in total. The Balaban J connectivity index is 0.000000588. The minimum Gasteiger partial charge on any atom is -0.418 e. The van der Waals surface area contributed by atoms with Gasteiger partial charge in [0.15, 0.2) is 0 Å². The van der Waals surface area contributed by atoms with Crippen molar-refractivity contribution in [2.45, 2.75) is 0 Å². The molecule has 0 spiro atoms. The van der Waals surface area contributed by atoms with Gasteiger partial charge in [0.1, 0.15) is 0 Å². The molecule has 3 aromatic carbocycles. The third-order valence-electron chi connectivity index (χ3n) is 4.69. The SMILES string of the molecule is F[B-](F)(F)F.NNC(=O)c1cc(-c2ccccc2)cc(-c2ccccc2)[n+]1-c1ccc(Cl)cc1. The maximum Gasteiger partial charge on any atom is 0.673 e. The Hall–Kier alpha value is -3.69. The third-order valence-corrected chi connectivity index (χ3v) is 4.94. The van der Waals surface area contributed by atoms with Crippen LogP contribution in [0.15, 0.2) is 97.1 Å². The van der Waals surface area contributed by atoms with Gasteiger partial charge >= 0.3 is 13.2 Å². The monoisotopic (exact) mass is 487 g/mol. The average Bonchev–Trinajstić information content (AvgIpc) is 2.83. The van der Waals surface area contributed by atoms with Gasteiger partial charge in [-0.25, -0.2) is 5.84 Å². The van der Waals surface area contributed by atoms with E-state index < -0.39 is 7.25 Å². The van der Waals surface area contributed by atoms with Gasteiger partial charge in [-0.05, 0) is 35.4 Å². The summed E-state index contributed by atoms with van der Waals surface area (Å²) >= 11 is 6.08. The van der Waals surface area contributed by atoms with Crippen LogP contribution in [0, 0.1) is 0 Å². The molecule has 0 atom stereocenters. The summed E-state index contributed by atoms with van der Waals surface area (Å²) in [4.78, 5) is 12.8. The number of benzene rings is 3. The number of aromatic nitrogens is 1. The molecule has 0 radical (unpaired) electrons. The lowest BCUT2D eigenvalue weighted by molar-refractivity contribution is -0.586. The summed E-state index contributed by atoms with van der Waals surface area (Å²) in [5.41, 5.74) is 7.30. The van der Waals surface area contributed by atoms with Gasteiger partial charge in [0.2, 0.25) is 11.4 Å². The van der Waals surface area contributed by atoms with E-state index in [0.717, 1.165) is 28.1 Å².